The number of hydrogen-bond acceptors (Lipinski definition) is 9. The lowest BCUT2D eigenvalue weighted by atomic mass is 9.82. The van der Waals surface area contributed by atoms with Crippen molar-refractivity contribution in [2.75, 3.05) is 23.3 Å². The summed E-state index contributed by atoms with van der Waals surface area (Å²) in [6.45, 7) is 9.00. The first-order valence-corrected chi connectivity index (χ1v) is 18.8. The molecule has 2 N–H and O–H groups in total. The average molecular weight is 714 g/mol. The molecule has 0 spiro atoms. The fourth-order valence-electron chi connectivity index (χ4n) is 8.98. The quantitative estimate of drug-likeness (QED) is 0.186. The van der Waals surface area contributed by atoms with Gasteiger partial charge in [-0.15, -0.1) is 0 Å². The van der Waals surface area contributed by atoms with Crippen LogP contribution in [0.3, 0.4) is 0 Å². The molecule has 0 radical (unpaired) electrons. The summed E-state index contributed by atoms with van der Waals surface area (Å²) in [6, 6.07) is 21.8. The van der Waals surface area contributed by atoms with Crippen LogP contribution in [0.15, 0.2) is 59.1 Å². The number of halogens is 1. The Kier molecular flexibility index (Phi) is 8.16. The summed E-state index contributed by atoms with van der Waals surface area (Å²) in [5.41, 5.74) is 9.65. The number of nitrogens with one attached hydrogen (secondary N) is 2. The zero-order valence-electron chi connectivity index (χ0n) is 30.4. The van der Waals surface area contributed by atoms with Crippen molar-refractivity contribution in [3.63, 3.8) is 0 Å². The summed E-state index contributed by atoms with van der Waals surface area (Å²) in [7, 11) is 0. The van der Waals surface area contributed by atoms with Crippen molar-refractivity contribution < 1.29 is 18.5 Å². The minimum absolute atomic E-state index is 0.187. The van der Waals surface area contributed by atoms with Crippen LogP contribution in [-0.2, 0) is 28.1 Å². The number of piperidine rings is 1. The van der Waals surface area contributed by atoms with Crippen molar-refractivity contribution in [2.24, 2.45) is 0 Å². The van der Waals surface area contributed by atoms with Crippen LogP contribution < -0.4 is 15.5 Å². The Labute approximate surface area is 308 Å². The van der Waals surface area contributed by atoms with Gasteiger partial charge in [-0.3, -0.25) is 24.7 Å². The fourth-order valence-corrected chi connectivity index (χ4v) is 8.98. The minimum atomic E-state index is -0.365. The topological polar surface area (TPSA) is 118 Å². The molecule has 1 atom stereocenters. The number of fused-ring (bicyclic) bond motifs is 1. The highest BCUT2D eigenvalue weighted by atomic mass is 19.1. The molecule has 2 saturated carbocycles. The Morgan fingerprint density at radius 1 is 1.00 bits per heavy atom. The van der Waals surface area contributed by atoms with Crippen molar-refractivity contribution in [1.82, 2.24) is 20.3 Å². The van der Waals surface area contributed by atoms with Crippen LogP contribution >= 0.6 is 0 Å². The first kappa shape index (κ1) is 33.8. The zero-order valence-corrected chi connectivity index (χ0v) is 30.4. The molecule has 272 valence electrons. The summed E-state index contributed by atoms with van der Waals surface area (Å²) in [4.78, 5) is 31.1. The molecular formula is C42H44FN7O3. The average Bonchev–Trinajstić information content (AvgIpc) is 3.70. The van der Waals surface area contributed by atoms with Gasteiger partial charge < -0.3 is 14.7 Å². The van der Waals surface area contributed by atoms with Gasteiger partial charge in [0.05, 0.1) is 34.9 Å². The molecule has 10 nitrogen and oxygen atoms in total. The Morgan fingerprint density at radius 2 is 1.74 bits per heavy atom. The van der Waals surface area contributed by atoms with Crippen LogP contribution in [0.5, 0.6) is 0 Å². The second-order valence-corrected chi connectivity index (χ2v) is 15.9. The van der Waals surface area contributed by atoms with Crippen LogP contribution in [-0.4, -0.2) is 64.0 Å². The van der Waals surface area contributed by atoms with Crippen LogP contribution in [0.1, 0.15) is 72.2 Å². The van der Waals surface area contributed by atoms with Gasteiger partial charge in [-0.1, -0.05) is 29.4 Å². The van der Waals surface area contributed by atoms with Crippen LogP contribution in [0.25, 0.3) is 11.1 Å². The normalized spacial score (nSPS) is 23.8. The summed E-state index contributed by atoms with van der Waals surface area (Å²) in [6.07, 6.45) is 4.55. The second kappa shape index (κ2) is 12.8. The highest BCUT2D eigenvalue weighted by molar-refractivity contribution is 6.00. The fraction of sp³-hybridized carbons (Fsp3) is 0.429. The van der Waals surface area contributed by atoms with Gasteiger partial charge in [0.2, 0.25) is 11.8 Å². The molecular weight excluding hydrogens is 670 g/mol. The van der Waals surface area contributed by atoms with Crippen molar-refractivity contribution >= 4 is 28.9 Å². The van der Waals surface area contributed by atoms with Crippen molar-refractivity contribution in [3.05, 3.63) is 94.1 Å². The number of carbonyl (C=O) groups excluding carboxylic acids is 2. The number of imide groups is 1. The Bertz CT molecular complexity index is 2140. The summed E-state index contributed by atoms with van der Waals surface area (Å²) < 4.78 is 20.8. The third kappa shape index (κ3) is 5.98. The number of rotatable bonds is 9. The molecule has 4 fully saturated rings. The molecule has 2 amide bonds. The van der Waals surface area contributed by atoms with Crippen molar-refractivity contribution in [3.8, 4) is 17.2 Å². The first-order valence-electron chi connectivity index (χ1n) is 18.8. The van der Waals surface area contributed by atoms with Gasteiger partial charge in [-0.05, 0) is 111 Å². The van der Waals surface area contributed by atoms with Gasteiger partial charge in [0.25, 0.3) is 0 Å². The van der Waals surface area contributed by atoms with Gasteiger partial charge in [0, 0.05) is 61.6 Å². The lowest BCUT2D eigenvalue weighted by Crippen LogP contribution is -2.65. The van der Waals surface area contributed by atoms with Crippen LogP contribution in [0, 0.1) is 37.9 Å². The minimum Gasteiger partial charge on any atom is -0.380 e. The molecule has 0 bridgehead atoms. The molecule has 53 heavy (non-hydrogen) atoms. The summed E-state index contributed by atoms with van der Waals surface area (Å²) >= 11 is 0. The van der Waals surface area contributed by atoms with E-state index >= 15 is 4.39 Å². The number of hydrogen-bond donors (Lipinski definition) is 2. The maximum atomic E-state index is 15.3. The van der Waals surface area contributed by atoms with Crippen molar-refractivity contribution in [2.45, 2.75) is 102 Å². The molecule has 4 aromatic rings. The Hall–Kier alpha value is -5.05. The van der Waals surface area contributed by atoms with Gasteiger partial charge in [-0.2, -0.15) is 5.26 Å². The van der Waals surface area contributed by atoms with Crippen molar-refractivity contribution in [1.29, 1.82) is 5.26 Å². The molecule has 2 saturated heterocycles. The van der Waals surface area contributed by atoms with Gasteiger partial charge in [0.1, 0.15) is 11.6 Å². The van der Waals surface area contributed by atoms with E-state index in [2.05, 4.69) is 81.0 Å². The molecule has 2 aliphatic carbocycles. The third-order valence-electron chi connectivity index (χ3n) is 12.4. The van der Waals surface area contributed by atoms with E-state index in [9.17, 15) is 14.9 Å². The molecule has 3 aliphatic heterocycles. The van der Waals surface area contributed by atoms with E-state index in [0.717, 1.165) is 89.4 Å². The van der Waals surface area contributed by atoms with E-state index in [4.69, 9.17) is 4.52 Å². The summed E-state index contributed by atoms with van der Waals surface area (Å²) in [5, 5.41) is 19.9. The monoisotopic (exact) mass is 713 g/mol. The number of aromatic nitrogens is 1. The SMILES string of the molecule is Cc1ccc(-c2c(C)noc2C)cc1N(c1ccc(C2(C#N)CC2)cc1)C1CN(C2CC(Nc3cc4c(cc3F)CN(C3CCC(=O)NC3=O)C4)C2)C1. The maximum absolute atomic E-state index is 15.3. The van der Waals surface area contributed by atoms with Gasteiger partial charge >= 0.3 is 0 Å². The number of carbonyl (C=O) groups is 2. The van der Waals surface area contributed by atoms with E-state index in [1.165, 1.54) is 5.56 Å². The number of nitrogens with zero attached hydrogens (tertiary/aromatic N) is 5. The molecule has 4 heterocycles. The molecule has 9 rings (SSSR count). The second-order valence-electron chi connectivity index (χ2n) is 15.9. The highest BCUT2D eigenvalue weighted by Gasteiger charge is 2.46. The lowest BCUT2D eigenvalue weighted by molar-refractivity contribution is -0.137. The Morgan fingerprint density at radius 3 is 2.40 bits per heavy atom. The number of aryl methyl sites for hydroxylation is 3. The van der Waals surface area contributed by atoms with Gasteiger partial charge in [-0.25, -0.2) is 4.39 Å². The van der Waals surface area contributed by atoms with E-state index in [1.807, 2.05) is 24.8 Å². The predicted octanol–water partition coefficient (Wildman–Crippen LogP) is 6.55. The molecule has 1 unspecified atom stereocenters. The van der Waals surface area contributed by atoms with E-state index in [0.29, 0.717) is 37.7 Å². The number of anilines is 3. The maximum Gasteiger partial charge on any atom is 0.243 e. The number of amides is 2. The van der Waals surface area contributed by atoms with Crippen LogP contribution in [0.2, 0.25) is 0 Å². The third-order valence-corrected chi connectivity index (χ3v) is 12.4. The molecule has 11 heteroatoms. The Balaban J connectivity index is 0.879. The van der Waals surface area contributed by atoms with Gasteiger partial charge in [0.15, 0.2) is 0 Å². The van der Waals surface area contributed by atoms with E-state index in [-0.39, 0.29) is 41.2 Å². The molecule has 3 aromatic carbocycles. The number of likely N-dealkylation sites (tertiary alicyclic amines) is 1. The van der Waals surface area contributed by atoms with E-state index in [1.54, 1.807) is 6.07 Å². The first-order chi connectivity index (χ1) is 25.6. The highest BCUT2D eigenvalue weighted by Crippen LogP contribution is 2.48. The lowest BCUT2D eigenvalue weighted by Gasteiger charge is -2.54. The molecule has 5 aliphatic rings. The number of nitriles is 1. The number of benzene rings is 3. The van der Waals surface area contributed by atoms with Crippen LogP contribution in [0.4, 0.5) is 21.5 Å². The van der Waals surface area contributed by atoms with E-state index < -0.39 is 0 Å². The predicted molar refractivity (Wildman–Crippen MR) is 199 cm³/mol. The standard InChI is InChI=1S/C42H44FN7O3/c1-24-4-5-27(40-25(2)47-53-26(40)3)16-38(24)50(32-8-6-30(7-9-32)42(23-44)12-13-42)34-21-48(22-34)33-17-31(18-33)45-36-15-29-20-49(19-28(29)14-35(36)43)37-10-11-39(51)46-41(37)52/h4-9,14-16,31,33-34,37,45H,10-13,17-22H2,1-3H3,(H,46,51,52). The summed E-state index contributed by atoms with van der Waals surface area (Å²) in [5.74, 6) is 0.0508. The largest absolute Gasteiger partial charge is 0.380 e. The molecule has 1 aromatic heterocycles. The zero-order chi connectivity index (χ0) is 36.6. The smallest absolute Gasteiger partial charge is 0.243 e.